The minimum atomic E-state index is -0.0202. The highest BCUT2D eigenvalue weighted by atomic mass is 16.3. The Morgan fingerprint density at radius 3 is 2.82 bits per heavy atom. The number of anilines is 1. The number of fused-ring (bicyclic) bond motifs is 1. The molecule has 0 radical (unpaired) electrons. The topological polar surface area (TPSA) is 85.0 Å². The maximum absolute atomic E-state index is 9.34. The zero-order valence-electron chi connectivity index (χ0n) is 11.7. The van der Waals surface area contributed by atoms with Crippen LogP contribution in [0.3, 0.4) is 0 Å². The minimum absolute atomic E-state index is 0.0202. The number of benzene rings is 2. The van der Waals surface area contributed by atoms with Crippen LogP contribution in [0.2, 0.25) is 0 Å². The number of hydrogen-bond donors (Lipinski definition) is 5. The molecule has 0 spiro atoms. The molecule has 1 aromatic heterocycles. The van der Waals surface area contributed by atoms with Crippen molar-refractivity contribution >= 4 is 22.3 Å². The molecule has 0 saturated carbocycles. The van der Waals surface area contributed by atoms with Crippen molar-refractivity contribution in [2.75, 3.05) is 5.32 Å². The van der Waals surface area contributed by atoms with Gasteiger partial charge in [0, 0.05) is 11.1 Å². The average molecular weight is 293 g/mol. The summed E-state index contributed by atoms with van der Waals surface area (Å²) in [5.74, 6) is 0.262. The van der Waals surface area contributed by atoms with Crippen molar-refractivity contribution in [2.24, 2.45) is 0 Å². The third kappa shape index (κ3) is 2.36. The first-order valence-electron chi connectivity index (χ1n) is 7.00. The summed E-state index contributed by atoms with van der Waals surface area (Å²) < 4.78 is 0. The van der Waals surface area contributed by atoms with E-state index in [0.29, 0.717) is 0 Å². The molecule has 0 fully saturated rings. The van der Waals surface area contributed by atoms with E-state index in [4.69, 9.17) is 0 Å². The molecular weight excluding hydrogens is 278 g/mol. The monoisotopic (exact) mass is 293 g/mol. The van der Waals surface area contributed by atoms with Gasteiger partial charge in [-0.05, 0) is 54.1 Å². The lowest BCUT2D eigenvalue weighted by Crippen LogP contribution is -2.36. The summed E-state index contributed by atoms with van der Waals surface area (Å²) in [7, 11) is 0. The summed E-state index contributed by atoms with van der Waals surface area (Å²) in [5.41, 5.74) is 10.3. The van der Waals surface area contributed by atoms with E-state index in [1.807, 2.05) is 30.3 Å². The Balaban J connectivity index is 1.52. The Morgan fingerprint density at radius 1 is 1.09 bits per heavy atom. The fraction of sp³-hybridized carbons (Fsp3) is 0.0625. The molecule has 0 bridgehead atoms. The third-order valence-electron chi connectivity index (χ3n) is 3.64. The summed E-state index contributed by atoms with van der Waals surface area (Å²) in [4.78, 5) is 0. The van der Waals surface area contributed by atoms with Gasteiger partial charge < -0.3 is 15.8 Å². The molecular formula is C16H15N5O. The molecule has 5 N–H and O–H groups in total. The van der Waals surface area contributed by atoms with Gasteiger partial charge in [0.15, 0.2) is 0 Å². The highest BCUT2D eigenvalue weighted by Crippen LogP contribution is 2.21. The van der Waals surface area contributed by atoms with Crippen LogP contribution in [0.15, 0.2) is 54.7 Å². The Bertz CT molecular complexity index is 837. The second kappa shape index (κ2) is 5.09. The van der Waals surface area contributed by atoms with Gasteiger partial charge in [-0.25, -0.2) is 5.43 Å². The smallest absolute Gasteiger partial charge is 0.115 e. The van der Waals surface area contributed by atoms with Crippen molar-refractivity contribution < 1.29 is 5.11 Å². The molecule has 0 saturated heterocycles. The zero-order valence-corrected chi connectivity index (χ0v) is 11.7. The highest BCUT2D eigenvalue weighted by Gasteiger charge is 2.15. The number of phenols is 1. The van der Waals surface area contributed by atoms with Crippen molar-refractivity contribution in [3.05, 3.63) is 60.3 Å². The second-order valence-corrected chi connectivity index (χ2v) is 5.19. The molecule has 3 aromatic rings. The van der Waals surface area contributed by atoms with Crippen LogP contribution in [0.1, 0.15) is 5.56 Å². The first-order valence-corrected chi connectivity index (χ1v) is 7.00. The molecule has 4 rings (SSSR count). The molecule has 2 heterocycles. The van der Waals surface area contributed by atoms with Gasteiger partial charge in [-0.1, -0.05) is 0 Å². The Morgan fingerprint density at radius 2 is 1.95 bits per heavy atom. The number of aromatic nitrogens is 2. The predicted octanol–water partition coefficient (Wildman–Crippen LogP) is 2.16. The molecule has 22 heavy (non-hydrogen) atoms. The number of aromatic hydroxyl groups is 1. The zero-order chi connectivity index (χ0) is 14.9. The number of nitrogens with one attached hydrogen (secondary N) is 4. The summed E-state index contributed by atoms with van der Waals surface area (Å²) in [6.45, 7) is 0. The standard InChI is InChI=1S/C16H15N5O/c22-13-4-1-10(2-5-13)15-8-16(21-20-15)18-12-3-6-14-11(7-12)9-17-19-14/h1-9,16,18,20-22H,(H,17,19). The number of hydrazine groups is 1. The van der Waals surface area contributed by atoms with Gasteiger partial charge in [0.05, 0.1) is 17.4 Å². The van der Waals surface area contributed by atoms with Crippen LogP contribution < -0.4 is 16.2 Å². The Kier molecular flexibility index (Phi) is 2.94. The van der Waals surface area contributed by atoms with Crippen molar-refractivity contribution in [1.29, 1.82) is 0 Å². The lowest BCUT2D eigenvalue weighted by molar-refractivity contribution is 0.475. The van der Waals surface area contributed by atoms with Crippen LogP contribution in [-0.4, -0.2) is 21.5 Å². The van der Waals surface area contributed by atoms with E-state index in [2.05, 4.69) is 32.4 Å². The van der Waals surface area contributed by atoms with Crippen molar-refractivity contribution in [1.82, 2.24) is 21.0 Å². The van der Waals surface area contributed by atoms with Crippen LogP contribution in [0, 0.1) is 0 Å². The summed E-state index contributed by atoms with van der Waals surface area (Å²) in [6, 6.07) is 13.1. The fourth-order valence-corrected chi connectivity index (χ4v) is 2.50. The maximum atomic E-state index is 9.34. The number of hydrogen-bond acceptors (Lipinski definition) is 5. The Hall–Kier alpha value is -2.99. The number of phenolic OH excluding ortho intramolecular Hbond substituents is 1. The van der Waals surface area contributed by atoms with E-state index in [0.717, 1.165) is 27.9 Å². The SMILES string of the molecule is Oc1ccc(C2=CC(Nc3ccc4[nH]ncc4c3)NN2)cc1. The molecule has 6 nitrogen and oxygen atoms in total. The average Bonchev–Trinajstić information content (AvgIpc) is 3.17. The van der Waals surface area contributed by atoms with E-state index < -0.39 is 0 Å². The number of H-pyrrole nitrogens is 1. The van der Waals surface area contributed by atoms with Gasteiger partial charge in [-0.3, -0.25) is 5.10 Å². The predicted molar refractivity (Wildman–Crippen MR) is 85.9 cm³/mol. The normalized spacial score (nSPS) is 17.3. The minimum Gasteiger partial charge on any atom is -0.508 e. The van der Waals surface area contributed by atoms with E-state index in [1.54, 1.807) is 18.3 Å². The van der Waals surface area contributed by atoms with Gasteiger partial charge in [-0.2, -0.15) is 5.10 Å². The fourth-order valence-electron chi connectivity index (χ4n) is 2.50. The summed E-state index contributed by atoms with van der Waals surface area (Å²) in [6.07, 6.45) is 3.85. The molecule has 6 heteroatoms. The number of nitrogens with zero attached hydrogens (tertiary/aromatic N) is 1. The van der Waals surface area contributed by atoms with Crippen LogP contribution in [-0.2, 0) is 0 Å². The van der Waals surface area contributed by atoms with Crippen LogP contribution >= 0.6 is 0 Å². The summed E-state index contributed by atoms with van der Waals surface area (Å²) in [5, 5.41) is 20.8. The van der Waals surface area contributed by atoms with E-state index in [9.17, 15) is 5.11 Å². The first kappa shape index (κ1) is 12.7. The van der Waals surface area contributed by atoms with E-state index in [-0.39, 0.29) is 11.9 Å². The van der Waals surface area contributed by atoms with Crippen molar-refractivity contribution in [2.45, 2.75) is 6.17 Å². The summed E-state index contributed by atoms with van der Waals surface area (Å²) >= 11 is 0. The highest BCUT2D eigenvalue weighted by molar-refractivity contribution is 5.82. The second-order valence-electron chi connectivity index (χ2n) is 5.19. The van der Waals surface area contributed by atoms with Gasteiger partial charge >= 0.3 is 0 Å². The Labute approximate surface area is 126 Å². The van der Waals surface area contributed by atoms with E-state index in [1.165, 1.54) is 0 Å². The molecule has 2 aromatic carbocycles. The van der Waals surface area contributed by atoms with Crippen LogP contribution in [0.25, 0.3) is 16.6 Å². The molecule has 110 valence electrons. The van der Waals surface area contributed by atoms with E-state index >= 15 is 0 Å². The molecule has 0 aliphatic carbocycles. The first-order chi connectivity index (χ1) is 10.8. The van der Waals surface area contributed by atoms with Gasteiger partial charge in [0.1, 0.15) is 11.9 Å². The van der Waals surface area contributed by atoms with Gasteiger partial charge in [-0.15, -0.1) is 0 Å². The van der Waals surface area contributed by atoms with Crippen molar-refractivity contribution in [3.63, 3.8) is 0 Å². The van der Waals surface area contributed by atoms with Gasteiger partial charge in [0.25, 0.3) is 0 Å². The molecule has 1 aliphatic heterocycles. The number of rotatable bonds is 3. The molecule has 1 atom stereocenters. The molecule has 0 amide bonds. The quantitative estimate of drug-likeness (QED) is 0.511. The third-order valence-corrected chi connectivity index (χ3v) is 3.64. The van der Waals surface area contributed by atoms with Crippen molar-refractivity contribution in [3.8, 4) is 5.75 Å². The maximum Gasteiger partial charge on any atom is 0.115 e. The lowest BCUT2D eigenvalue weighted by atomic mass is 10.1. The largest absolute Gasteiger partial charge is 0.508 e. The number of aromatic amines is 1. The van der Waals surface area contributed by atoms with Gasteiger partial charge in [0.2, 0.25) is 0 Å². The molecule has 1 unspecified atom stereocenters. The van der Waals surface area contributed by atoms with Crippen LogP contribution in [0.5, 0.6) is 5.75 Å². The molecule has 1 aliphatic rings. The van der Waals surface area contributed by atoms with Crippen LogP contribution in [0.4, 0.5) is 5.69 Å². The lowest BCUT2D eigenvalue weighted by Gasteiger charge is -2.12.